The smallest absolute Gasteiger partial charge is 0.392 e. The topological polar surface area (TPSA) is 20.2 Å². The first-order chi connectivity index (χ1) is 6.96. The molecule has 0 radical (unpaired) electrons. The van der Waals surface area contributed by atoms with Crippen molar-refractivity contribution in [2.45, 2.75) is 6.18 Å². The van der Waals surface area contributed by atoms with Crippen LogP contribution in [0.2, 0.25) is 0 Å². The minimum absolute atomic E-state index is 0.295. The Labute approximate surface area is 83.7 Å². The molecule has 82 valence electrons. The average Bonchev–Trinajstić information content (AvgIpc) is 2.12. The van der Waals surface area contributed by atoms with Gasteiger partial charge in [0.05, 0.1) is 12.2 Å². The molecule has 0 aliphatic carbocycles. The zero-order chi connectivity index (χ0) is 11.5. The molecule has 0 bridgehead atoms. The quantitative estimate of drug-likeness (QED) is 0.760. The van der Waals surface area contributed by atoms with E-state index in [1.807, 2.05) is 0 Å². The van der Waals surface area contributed by atoms with Crippen molar-refractivity contribution in [1.29, 1.82) is 0 Å². The fourth-order valence-corrected chi connectivity index (χ4v) is 1.16. The Bertz CT molecular complexity index is 368. The summed E-state index contributed by atoms with van der Waals surface area (Å²) in [5.74, 6) is -1.32. The molecular formula is C10H8F4O. The van der Waals surface area contributed by atoms with E-state index < -0.39 is 24.2 Å². The summed E-state index contributed by atoms with van der Waals surface area (Å²) in [6.45, 7) is -0.395. The number of alkyl halides is 3. The summed E-state index contributed by atoms with van der Waals surface area (Å²) in [6, 6.07) is 3.07. The van der Waals surface area contributed by atoms with Gasteiger partial charge >= 0.3 is 6.18 Å². The molecule has 0 aromatic heterocycles. The van der Waals surface area contributed by atoms with Crippen molar-refractivity contribution in [2.75, 3.05) is 6.61 Å². The second kappa shape index (κ2) is 4.44. The number of hydrogen-bond donors (Lipinski definition) is 1. The molecule has 1 nitrogen and oxygen atoms in total. The molecule has 0 saturated carbocycles. The van der Waals surface area contributed by atoms with Crippen LogP contribution in [0.15, 0.2) is 24.3 Å². The molecule has 0 unspecified atom stereocenters. The molecule has 0 aliphatic rings. The largest absolute Gasteiger partial charge is 0.419 e. The third-order valence-corrected chi connectivity index (χ3v) is 1.73. The number of hydrogen-bond acceptors (Lipinski definition) is 1. The number of aliphatic hydroxyl groups is 1. The van der Waals surface area contributed by atoms with Crippen molar-refractivity contribution in [3.8, 4) is 0 Å². The second-order valence-electron chi connectivity index (χ2n) is 2.79. The van der Waals surface area contributed by atoms with Crippen LogP contribution in [-0.2, 0) is 6.18 Å². The lowest BCUT2D eigenvalue weighted by atomic mass is 10.1. The van der Waals surface area contributed by atoms with Gasteiger partial charge in [-0.05, 0) is 11.6 Å². The van der Waals surface area contributed by atoms with Gasteiger partial charge in [-0.3, -0.25) is 0 Å². The maximum atomic E-state index is 13.0. The van der Waals surface area contributed by atoms with E-state index in [9.17, 15) is 17.6 Å². The Morgan fingerprint density at radius 2 is 1.93 bits per heavy atom. The van der Waals surface area contributed by atoms with Gasteiger partial charge in [-0.1, -0.05) is 24.3 Å². The average molecular weight is 220 g/mol. The van der Waals surface area contributed by atoms with Crippen LogP contribution in [0.3, 0.4) is 0 Å². The van der Waals surface area contributed by atoms with E-state index in [4.69, 9.17) is 5.11 Å². The van der Waals surface area contributed by atoms with E-state index in [0.717, 1.165) is 24.3 Å². The van der Waals surface area contributed by atoms with Crippen LogP contribution in [0, 0.1) is 5.82 Å². The third kappa shape index (κ3) is 2.79. The second-order valence-corrected chi connectivity index (χ2v) is 2.79. The summed E-state index contributed by atoms with van der Waals surface area (Å²) in [6.07, 6.45) is -2.59. The van der Waals surface area contributed by atoms with E-state index in [1.54, 1.807) is 0 Å². The molecule has 0 spiro atoms. The lowest BCUT2D eigenvalue weighted by Crippen LogP contribution is -2.10. The number of rotatable bonds is 2. The van der Waals surface area contributed by atoms with E-state index in [-0.39, 0.29) is 5.56 Å². The highest BCUT2D eigenvalue weighted by molar-refractivity contribution is 5.55. The monoisotopic (exact) mass is 220 g/mol. The predicted molar refractivity (Wildman–Crippen MR) is 47.5 cm³/mol. The van der Waals surface area contributed by atoms with Gasteiger partial charge in [0.1, 0.15) is 5.82 Å². The molecule has 1 aromatic rings. The summed E-state index contributed by atoms with van der Waals surface area (Å²) in [5, 5.41) is 8.43. The Balaban J connectivity index is 3.27. The van der Waals surface area contributed by atoms with Gasteiger partial charge < -0.3 is 5.11 Å². The molecule has 15 heavy (non-hydrogen) atoms. The van der Waals surface area contributed by atoms with E-state index in [0.29, 0.717) is 0 Å². The molecular weight excluding hydrogens is 212 g/mol. The standard InChI is InChI=1S/C10H8F4O/c11-8-5-1-3-7(4-2-6-15)9(8)10(12,13)14/h1-5,15H,6H2. The van der Waals surface area contributed by atoms with Crippen LogP contribution in [0.4, 0.5) is 17.6 Å². The van der Waals surface area contributed by atoms with Crippen LogP contribution >= 0.6 is 0 Å². The molecule has 0 saturated heterocycles. The molecule has 0 fully saturated rings. The molecule has 1 aromatic carbocycles. The highest BCUT2D eigenvalue weighted by atomic mass is 19.4. The normalized spacial score (nSPS) is 12.3. The van der Waals surface area contributed by atoms with Crippen molar-refractivity contribution < 1.29 is 22.7 Å². The van der Waals surface area contributed by atoms with Crippen LogP contribution < -0.4 is 0 Å². The molecule has 1 rings (SSSR count). The minimum Gasteiger partial charge on any atom is -0.392 e. The zero-order valence-corrected chi connectivity index (χ0v) is 7.55. The molecule has 5 heteroatoms. The number of benzene rings is 1. The van der Waals surface area contributed by atoms with E-state index in [1.165, 1.54) is 6.07 Å². The Kier molecular flexibility index (Phi) is 3.47. The van der Waals surface area contributed by atoms with Crippen molar-refractivity contribution in [3.63, 3.8) is 0 Å². The van der Waals surface area contributed by atoms with Crippen molar-refractivity contribution >= 4 is 6.08 Å². The molecule has 0 heterocycles. The Morgan fingerprint density at radius 1 is 1.27 bits per heavy atom. The highest BCUT2D eigenvalue weighted by Crippen LogP contribution is 2.34. The first-order valence-corrected chi connectivity index (χ1v) is 4.10. The van der Waals surface area contributed by atoms with Gasteiger partial charge in [0.2, 0.25) is 0 Å². The Hall–Kier alpha value is -1.36. The summed E-state index contributed by atoms with van der Waals surface area (Å²) < 4.78 is 50.2. The maximum absolute atomic E-state index is 13.0. The maximum Gasteiger partial charge on any atom is 0.419 e. The van der Waals surface area contributed by atoms with Crippen LogP contribution in [0.25, 0.3) is 6.08 Å². The first kappa shape index (κ1) is 11.7. The molecule has 0 aliphatic heterocycles. The highest BCUT2D eigenvalue weighted by Gasteiger charge is 2.35. The van der Waals surface area contributed by atoms with Crippen LogP contribution in [-0.4, -0.2) is 11.7 Å². The third-order valence-electron chi connectivity index (χ3n) is 1.73. The number of aliphatic hydroxyl groups excluding tert-OH is 1. The SMILES string of the molecule is OCC=Cc1cccc(F)c1C(F)(F)F. The molecule has 0 atom stereocenters. The lowest BCUT2D eigenvalue weighted by Gasteiger charge is -2.10. The lowest BCUT2D eigenvalue weighted by molar-refractivity contribution is -0.140. The van der Waals surface area contributed by atoms with Crippen LogP contribution in [0.1, 0.15) is 11.1 Å². The fourth-order valence-electron chi connectivity index (χ4n) is 1.16. The van der Waals surface area contributed by atoms with E-state index >= 15 is 0 Å². The zero-order valence-electron chi connectivity index (χ0n) is 7.55. The van der Waals surface area contributed by atoms with Gasteiger partial charge in [-0.2, -0.15) is 13.2 Å². The van der Waals surface area contributed by atoms with Gasteiger partial charge in [-0.15, -0.1) is 0 Å². The van der Waals surface area contributed by atoms with Crippen molar-refractivity contribution in [1.82, 2.24) is 0 Å². The van der Waals surface area contributed by atoms with Gasteiger partial charge in [-0.25, -0.2) is 4.39 Å². The predicted octanol–water partition coefficient (Wildman–Crippen LogP) is 2.85. The molecule has 0 amide bonds. The summed E-state index contributed by atoms with van der Waals surface area (Å²) in [4.78, 5) is 0. The summed E-state index contributed by atoms with van der Waals surface area (Å²) in [7, 11) is 0. The van der Waals surface area contributed by atoms with Crippen LogP contribution in [0.5, 0.6) is 0 Å². The minimum atomic E-state index is -4.74. The summed E-state index contributed by atoms with van der Waals surface area (Å²) in [5.41, 5.74) is -1.61. The first-order valence-electron chi connectivity index (χ1n) is 4.10. The molecule has 1 N–H and O–H groups in total. The Morgan fingerprint density at radius 3 is 2.47 bits per heavy atom. The summed E-state index contributed by atoms with van der Waals surface area (Å²) >= 11 is 0. The fraction of sp³-hybridized carbons (Fsp3) is 0.200. The van der Waals surface area contributed by atoms with Gasteiger partial charge in [0.25, 0.3) is 0 Å². The van der Waals surface area contributed by atoms with Gasteiger partial charge in [0.15, 0.2) is 0 Å². The number of halogens is 4. The van der Waals surface area contributed by atoms with Crippen molar-refractivity contribution in [3.05, 3.63) is 41.2 Å². The van der Waals surface area contributed by atoms with Gasteiger partial charge in [0, 0.05) is 0 Å². The van der Waals surface area contributed by atoms with E-state index in [2.05, 4.69) is 0 Å². The van der Waals surface area contributed by atoms with Crippen molar-refractivity contribution in [2.24, 2.45) is 0 Å².